The van der Waals surface area contributed by atoms with E-state index in [1.807, 2.05) is 0 Å². The van der Waals surface area contributed by atoms with E-state index in [0.29, 0.717) is 6.04 Å². The molecular weight excluding hydrogens is 228 g/mol. The summed E-state index contributed by atoms with van der Waals surface area (Å²) in [6, 6.07) is 0.660. The van der Waals surface area contributed by atoms with Crippen molar-refractivity contribution in [2.75, 3.05) is 6.54 Å². The molecule has 17 heavy (non-hydrogen) atoms. The quantitative estimate of drug-likeness (QED) is 0.694. The molecule has 0 aliphatic rings. The zero-order valence-electron chi connectivity index (χ0n) is 11.7. The zero-order valence-corrected chi connectivity index (χ0v) is 12.5. The van der Waals surface area contributed by atoms with Gasteiger partial charge in [-0.25, -0.2) is 4.98 Å². The second kappa shape index (κ2) is 7.83. The van der Waals surface area contributed by atoms with Crippen LogP contribution in [-0.2, 0) is 13.0 Å². The lowest BCUT2D eigenvalue weighted by molar-refractivity contribution is 0.190. The molecule has 0 saturated heterocycles. The van der Waals surface area contributed by atoms with E-state index in [-0.39, 0.29) is 0 Å². The number of aryl methyl sites for hydroxylation is 1. The van der Waals surface area contributed by atoms with Crippen LogP contribution in [0.4, 0.5) is 0 Å². The van der Waals surface area contributed by atoms with Crippen molar-refractivity contribution in [1.29, 1.82) is 0 Å². The van der Waals surface area contributed by atoms with Crippen molar-refractivity contribution < 1.29 is 0 Å². The summed E-state index contributed by atoms with van der Waals surface area (Å²) >= 11 is 1.80. The molecule has 0 aliphatic carbocycles. The number of hydrogen-bond acceptors (Lipinski definition) is 3. The molecule has 0 amide bonds. The van der Waals surface area contributed by atoms with Gasteiger partial charge in [-0.15, -0.1) is 11.3 Å². The monoisotopic (exact) mass is 254 g/mol. The highest BCUT2D eigenvalue weighted by Gasteiger charge is 2.13. The van der Waals surface area contributed by atoms with Gasteiger partial charge in [-0.1, -0.05) is 27.2 Å². The van der Waals surface area contributed by atoms with E-state index < -0.39 is 0 Å². The third-order valence-corrected chi connectivity index (χ3v) is 4.32. The van der Waals surface area contributed by atoms with Gasteiger partial charge in [0.2, 0.25) is 0 Å². The average molecular weight is 254 g/mol. The molecule has 0 fully saturated rings. The molecule has 1 rings (SSSR count). The Hall–Kier alpha value is -0.410. The Morgan fingerprint density at radius 1 is 1.35 bits per heavy atom. The molecule has 0 radical (unpaired) electrons. The zero-order chi connectivity index (χ0) is 12.7. The maximum Gasteiger partial charge on any atom is 0.0926 e. The van der Waals surface area contributed by atoms with Gasteiger partial charge >= 0.3 is 0 Å². The van der Waals surface area contributed by atoms with Crippen molar-refractivity contribution in [2.24, 2.45) is 0 Å². The van der Waals surface area contributed by atoms with Crippen molar-refractivity contribution >= 4 is 11.3 Å². The van der Waals surface area contributed by atoms with Gasteiger partial charge in [0.15, 0.2) is 0 Å². The summed E-state index contributed by atoms with van der Waals surface area (Å²) in [5, 5.41) is 3.49. The van der Waals surface area contributed by atoms with Crippen LogP contribution in [-0.4, -0.2) is 22.5 Å². The lowest BCUT2D eigenvalue weighted by Crippen LogP contribution is -2.33. The van der Waals surface area contributed by atoms with E-state index in [9.17, 15) is 0 Å². The molecule has 1 unspecified atom stereocenters. The summed E-state index contributed by atoms with van der Waals surface area (Å²) in [4.78, 5) is 7.24. The predicted octanol–water partition coefficient (Wildman–Crippen LogP) is 4.11. The van der Waals surface area contributed by atoms with Crippen LogP contribution in [0.2, 0.25) is 0 Å². The molecule has 0 saturated carbocycles. The van der Waals surface area contributed by atoms with Crippen molar-refractivity contribution in [3.05, 3.63) is 16.1 Å². The Labute approximate surface area is 110 Å². The maximum atomic E-state index is 4.67. The molecule has 2 nitrogen and oxygen atoms in total. The standard InChI is InChI=1S/C14H26N2S/c1-5-8-9-16(12(4)6-2)10-13-11-17-14(7-3)15-13/h11-12H,5-10H2,1-4H3. The first kappa shape index (κ1) is 14.7. The first-order valence-corrected chi connectivity index (χ1v) is 7.76. The summed E-state index contributed by atoms with van der Waals surface area (Å²) < 4.78 is 0. The molecule has 1 atom stereocenters. The first-order valence-electron chi connectivity index (χ1n) is 6.88. The van der Waals surface area contributed by atoms with Crippen molar-refractivity contribution in [2.45, 2.75) is 66.0 Å². The van der Waals surface area contributed by atoms with E-state index >= 15 is 0 Å². The number of aromatic nitrogens is 1. The predicted molar refractivity (Wildman–Crippen MR) is 76.6 cm³/mol. The molecule has 1 aromatic rings. The molecule has 1 heterocycles. The number of hydrogen-bond donors (Lipinski definition) is 0. The van der Waals surface area contributed by atoms with Crippen LogP contribution in [0.3, 0.4) is 0 Å². The van der Waals surface area contributed by atoms with Gasteiger partial charge < -0.3 is 0 Å². The van der Waals surface area contributed by atoms with Crippen LogP contribution >= 0.6 is 11.3 Å². The van der Waals surface area contributed by atoms with Crippen molar-refractivity contribution in [1.82, 2.24) is 9.88 Å². The van der Waals surface area contributed by atoms with E-state index in [1.165, 1.54) is 36.5 Å². The molecule has 0 bridgehead atoms. The Morgan fingerprint density at radius 2 is 2.12 bits per heavy atom. The van der Waals surface area contributed by atoms with E-state index in [2.05, 4.69) is 43.0 Å². The number of nitrogens with zero attached hydrogens (tertiary/aromatic N) is 2. The molecule has 0 spiro atoms. The second-order valence-electron chi connectivity index (χ2n) is 4.67. The van der Waals surface area contributed by atoms with E-state index in [4.69, 9.17) is 0 Å². The lowest BCUT2D eigenvalue weighted by Gasteiger charge is -2.27. The smallest absolute Gasteiger partial charge is 0.0926 e. The molecule has 0 aromatic carbocycles. The highest BCUT2D eigenvalue weighted by Crippen LogP contribution is 2.15. The third kappa shape index (κ3) is 4.76. The highest BCUT2D eigenvalue weighted by molar-refractivity contribution is 7.09. The van der Waals surface area contributed by atoms with E-state index in [1.54, 1.807) is 11.3 Å². The van der Waals surface area contributed by atoms with Gasteiger partial charge in [-0.05, 0) is 32.7 Å². The van der Waals surface area contributed by atoms with Gasteiger partial charge in [-0.2, -0.15) is 0 Å². The largest absolute Gasteiger partial charge is 0.295 e. The SMILES string of the molecule is CCCCN(Cc1csc(CC)n1)C(C)CC. The number of rotatable bonds is 8. The van der Waals surface area contributed by atoms with Crippen LogP contribution in [0, 0.1) is 0 Å². The molecular formula is C14H26N2S. The van der Waals surface area contributed by atoms with Crippen LogP contribution in [0.1, 0.15) is 57.7 Å². The van der Waals surface area contributed by atoms with Gasteiger partial charge in [0, 0.05) is 18.0 Å². The fourth-order valence-electron chi connectivity index (χ4n) is 1.87. The minimum Gasteiger partial charge on any atom is -0.295 e. The number of unbranched alkanes of at least 4 members (excludes halogenated alkanes) is 1. The minimum absolute atomic E-state index is 0.660. The lowest BCUT2D eigenvalue weighted by atomic mass is 10.2. The first-order chi connectivity index (χ1) is 8.21. The molecule has 0 aliphatic heterocycles. The van der Waals surface area contributed by atoms with Crippen LogP contribution < -0.4 is 0 Å². The third-order valence-electron chi connectivity index (χ3n) is 3.28. The van der Waals surface area contributed by atoms with Crippen molar-refractivity contribution in [3.8, 4) is 0 Å². The van der Waals surface area contributed by atoms with Gasteiger partial charge in [0.05, 0.1) is 10.7 Å². The summed E-state index contributed by atoms with van der Waals surface area (Å²) in [6.45, 7) is 11.2. The minimum atomic E-state index is 0.660. The summed E-state index contributed by atoms with van der Waals surface area (Å²) in [7, 11) is 0. The normalized spacial score (nSPS) is 13.2. The Bertz CT molecular complexity index is 309. The maximum absolute atomic E-state index is 4.67. The van der Waals surface area contributed by atoms with Crippen LogP contribution in [0.25, 0.3) is 0 Å². The van der Waals surface area contributed by atoms with Crippen molar-refractivity contribution in [3.63, 3.8) is 0 Å². The Balaban J connectivity index is 2.57. The van der Waals surface area contributed by atoms with Gasteiger partial charge in [0.25, 0.3) is 0 Å². The topological polar surface area (TPSA) is 16.1 Å². The second-order valence-corrected chi connectivity index (χ2v) is 5.61. The fourth-order valence-corrected chi connectivity index (χ4v) is 2.60. The van der Waals surface area contributed by atoms with Crippen LogP contribution in [0.15, 0.2) is 5.38 Å². The molecule has 98 valence electrons. The average Bonchev–Trinajstić information content (AvgIpc) is 2.81. The highest BCUT2D eigenvalue weighted by atomic mass is 32.1. The molecule has 3 heteroatoms. The van der Waals surface area contributed by atoms with Gasteiger partial charge in [0.1, 0.15) is 0 Å². The van der Waals surface area contributed by atoms with Crippen LogP contribution in [0.5, 0.6) is 0 Å². The Morgan fingerprint density at radius 3 is 2.65 bits per heavy atom. The van der Waals surface area contributed by atoms with E-state index in [0.717, 1.165) is 13.0 Å². The fraction of sp³-hybridized carbons (Fsp3) is 0.786. The summed E-state index contributed by atoms with van der Waals surface area (Å²) in [5.41, 5.74) is 1.25. The Kier molecular flexibility index (Phi) is 6.75. The molecule has 1 aromatic heterocycles. The summed E-state index contributed by atoms with van der Waals surface area (Å²) in [5.74, 6) is 0. The number of thiazole rings is 1. The molecule has 0 N–H and O–H groups in total. The van der Waals surface area contributed by atoms with Gasteiger partial charge in [-0.3, -0.25) is 4.90 Å². The summed E-state index contributed by atoms with van der Waals surface area (Å²) in [6.07, 6.45) is 4.83.